The molecule has 25 heavy (non-hydrogen) atoms. The lowest BCUT2D eigenvalue weighted by molar-refractivity contribution is -0.0328. The molecule has 3 aromatic rings. The van der Waals surface area contributed by atoms with E-state index >= 15 is 0 Å². The lowest BCUT2D eigenvalue weighted by Crippen LogP contribution is -2.43. The van der Waals surface area contributed by atoms with E-state index in [1.54, 1.807) is 12.4 Å². The number of hydrogen-bond acceptors (Lipinski definition) is 5. The van der Waals surface area contributed by atoms with E-state index in [9.17, 15) is 0 Å². The molecule has 1 aromatic carbocycles. The number of pyridine rings is 1. The van der Waals surface area contributed by atoms with Gasteiger partial charge in [0, 0.05) is 23.5 Å². The van der Waals surface area contributed by atoms with Crippen LogP contribution in [-0.4, -0.2) is 9.99 Å². The lowest BCUT2D eigenvalue weighted by Gasteiger charge is -2.38. The van der Waals surface area contributed by atoms with Crippen LogP contribution in [0.1, 0.15) is 34.9 Å². The summed E-state index contributed by atoms with van der Waals surface area (Å²) in [6.07, 6.45) is 5.52. The minimum absolute atomic E-state index is 0.0727. The van der Waals surface area contributed by atoms with Crippen LogP contribution in [-0.2, 0) is 0 Å². The summed E-state index contributed by atoms with van der Waals surface area (Å²) in [6, 6.07) is 16.1. The quantitative estimate of drug-likeness (QED) is 0.770. The van der Waals surface area contributed by atoms with Crippen LogP contribution in [0.15, 0.2) is 71.4 Å². The normalized spacial score (nSPS) is 21.7. The van der Waals surface area contributed by atoms with Crippen LogP contribution in [0.2, 0.25) is 0 Å². The Bertz CT molecular complexity index is 948. The molecule has 1 N–H and O–H groups in total. The zero-order valence-corrected chi connectivity index (χ0v) is 13.7. The number of aromatic nitrogens is 1. The first-order valence-electron chi connectivity index (χ1n) is 8.29. The Labute approximate surface area is 145 Å². The maximum absolute atomic E-state index is 6.29. The van der Waals surface area contributed by atoms with Crippen LogP contribution in [0.3, 0.4) is 0 Å². The summed E-state index contributed by atoms with van der Waals surface area (Å²) in [4.78, 5) is 4.11. The van der Waals surface area contributed by atoms with Crippen LogP contribution >= 0.6 is 0 Å². The third-order valence-corrected chi connectivity index (χ3v) is 4.60. The van der Waals surface area contributed by atoms with E-state index in [-0.39, 0.29) is 12.3 Å². The molecule has 0 amide bonds. The molecule has 5 rings (SSSR count). The van der Waals surface area contributed by atoms with Gasteiger partial charge in [0.1, 0.15) is 11.5 Å². The highest BCUT2D eigenvalue weighted by Crippen LogP contribution is 2.45. The van der Waals surface area contributed by atoms with Gasteiger partial charge in [-0.2, -0.15) is 5.01 Å². The van der Waals surface area contributed by atoms with Crippen molar-refractivity contribution in [3.05, 3.63) is 89.6 Å². The molecule has 0 bridgehead atoms. The number of nitrogens with zero attached hydrogens (tertiary/aromatic N) is 2. The number of rotatable bonds is 2. The van der Waals surface area contributed by atoms with Gasteiger partial charge in [0.2, 0.25) is 0 Å². The predicted molar refractivity (Wildman–Crippen MR) is 93.2 cm³/mol. The van der Waals surface area contributed by atoms with Crippen LogP contribution in [0.5, 0.6) is 5.75 Å². The summed E-state index contributed by atoms with van der Waals surface area (Å²) in [5.74, 6) is 2.63. The zero-order valence-electron chi connectivity index (χ0n) is 13.7. The molecule has 5 nitrogen and oxygen atoms in total. The second-order valence-corrected chi connectivity index (χ2v) is 6.24. The standard InChI is InChI=1S/C20H17N3O2/c1-13-6-7-19(24-13)16-12-17-15-4-2-3-5-18(15)25-20(23(17)22-16)14-8-10-21-11-9-14/h2-12,17,20,22H,1H3/t17-,20+/m0/s1. The molecular formula is C20H17N3O2. The number of benzene rings is 1. The molecule has 0 fully saturated rings. The first-order valence-corrected chi connectivity index (χ1v) is 8.29. The van der Waals surface area contributed by atoms with Crippen molar-refractivity contribution >= 4 is 5.70 Å². The van der Waals surface area contributed by atoms with E-state index in [2.05, 4.69) is 27.6 Å². The summed E-state index contributed by atoms with van der Waals surface area (Å²) >= 11 is 0. The van der Waals surface area contributed by atoms with Gasteiger partial charge in [0.15, 0.2) is 12.0 Å². The van der Waals surface area contributed by atoms with Gasteiger partial charge in [-0.05, 0) is 43.3 Å². The number of nitrogens with one attached hydrogen (secondary N) is 1. The first-order chi connectivity index (χ1) is 12.3. The van der Waals surface area contributed by atoms with E-state index < -0.39 is 0 Å². The fourth-order valence-electron chi connectivity index (χ4n) is 3.41. The summed E-state index contributed by atoms with van der Waals surface area (Å²) in [7, 11) is 0. The van der Waals surface area contributed by atoms with Gasteiger partial charge >= 0.3 is 0 Å². The van der Waals surface area contributed by atoms with Crippen molar-refractivity contribution in [2.75, 3.05) is 0 Å². The van der Waals surface area contributed by atoms with Gasteiger partial charge < -0.3 is 14.6 Å². The Balaban J connectivity index is 1.60. The SMILES string of the molecule is Cc1ccc(C2=C[C@H]3c4ccccc4O[C@H](c4ccncc4)N3N2)o1. The van der Waals surface area contributed by atoms with Crippen molar-refractivity contribution in [1.29, 1.82) is 0 Å². The highest BCUT2D eigenvalue weighted by molar-refractivity contribution is 5.64. The molecular weight excluding hydrogens is 314 g/mol. The van der Waals surface area contributed by atoms with Crippen LogP contribution in [0.25, 0.3) is 5.70 Å². The van der Waals surface area contributed by atoms with Crippen molar-refractivity contribution in [3.63, 3.8) is 0 Å². The Hall–Kier alpha value is -3.05. The second kappa shape index (κ2) is 5.50. The minimum atomic E-state index is -0.243. The number of aryl methyl sites for hydroxylation is 1. The molecule has 2 aliphatic heterocycles. The molecule has 0 aliphatic carbocycles. The summed E-state index contributed by atoms with van der Waals surface area (Å²) in [6.45, 7) is 1.95. The molecule has 0 radical (unpaired) electrons. The number of ether oxygens (including phenoxy) is 1. The van der Waals surface area contributed by atoms with Crippen molar-refractivity contribution in [2.24, 2.45) is 0 Å². The van der Waals surface area contributed by atoms with Crippen molar-refractivity contribution in [1.82, 2.24) is 15.4 Å². The largest absolute Gasteiger partial charge is 0.469 e. The molecule has 0 unspecified atom stereocenters. The highest BCUT2D eigenvalue weighted by atomic mass is 16.5. The summed E-state index contributed by atoms with van der Waals surface area (Å²) in [5, 5.41) is 2.12. The van der Waals surface area contributed by atoms with E-state index in [1.807, 2.05) is 49.4 Å². The summed E-state index contributed by atoms with van der Waals surface area (Å²) in [5.41, 5.74) is 6.61. The maximum Gasteiger partial charge on any atom is 0.196 e. The Morgan fingerprint density at radius 3 is 2.68 bits per heavy atom. The minimum Gasteiger partial charge on any atom is -0.469 e. The smallest absolute Gasteiger partial charge is 0.196 e. The molecule has 0 saturated carbocycles. The zero-order chi connectivity index (χ0) is 16.8. The monoisotopic (exact) mass is 331 g/mol. The topological polar surface area (TPSA) is 50.5 Å². The number of hydrazine groups is 1. The van der Waals surface area contributed by atoms with Gasteiger partial charge in [-0.25, -0.2) is 0 Å². The molecule has 2 aliphatic rings. The van der Waals surface area contributed by atoms with E-state index in [4.69, 9.17) is 9.15 Å². The average molecular weight is 331 g/mol. The third-order valence-electron chi connectivity index (χ3n) is 4.60. The van der Waals surface area contributed by atoms with Crippen LogP contribution < -0.4 is 10.2 Å². The van der Waals surface area contributed by atoms with E-state index in [0.29, 0.717) is 0 Å². The molecule has 0 saturated heterocycles. The van der Waals surface area contributed by atoms with Gasteiger partial charge in [0.25, 0.3) is 0 Å². The predicted octanol–water partition coefficient (Wildman–Crippen LogP) is 3.98. The first kappa shape index (κ1) is 14.3. The molecule has 2 aromatic heterocycles. The average Bonchev–Trinajstić information content (AvgIpc) is 3.28. The molecule has 0 spiro atoms. The Kier molecular flexibility index (Phi) is 3.15. The van der Waals surface area contributed by atoms with Crippen molar-refractivity contribution in [3.8, 4) is 5.75 Å². The number of hydrogen-bond donors (Lipinski definition) is 1. The maximum atomic E-state index is 6.29. The van der Waals surface area contributed by atoms with Gasteiger partial charge in [-0.15, -0.1) is 0 Å². The Morgan fingerprint density at radius 2 is 1.88 bits per heavy atom. The Morgan fingerprint density at radius 1 is 1.04 bits per heavy atom. The van der Waals surface area contributed by atoms with Gasteiger partial charge in [-0.1, -0.05) is 18.2 Å². The number of fused-ring (bicyclic) bond motifs is 3. The third kappa shape index (κ3) is 2.32. The van der Waals surface area contributed by atoms with Crippen LogP contribution in [0, 0.1) is 6.92 Å². The van der Waals surface area contributed by atoms with Gasteiger partial charge in [-0.3, -0.25) is 4.98 Å². The highest BCUT2D eigenvalue weighted by Gasteiger charge is 2.40. The molecule has 124 valence electrons. The molecule has 4 heterocycles. The molecule has 2 atom stereocenters. The number of para-hydroxylation sites is 1. The van der Waals surface area contributed by atoms with Crippen molar-refractivity contribution in [2.45, 2.75) is 19.2 Å². The summed E-state index contributed by atoms with van der Waals surface area (Å²) < 4.78 is 12.1. The lowest BCUT2D eigenvalue weighted by atomic mass is 10.0. The fraction of sp³-hybridized carbons (Fsp3) is 0.150. The molecule has 5 heteroatoms. The van der Waals surface area contributed by atoms with Gasteiger partial charge in [0.05, 0.1) is 11.7 Å². The van der Waals surface area contributed by atoms with E-state index in [1.165, 1.54) is 0 Å². The second-order valence-electron chi connectivity index (χ2n) is 6.24. The number of furan rings is 1. The van der Waals surface area contributed by atoms with Crippen LogP contribution in [0.4, 0.5) is 0 Å². The van der Waals surface area contributed by atoms with Crippen molar-refractivity contribution < 1.29 is 9.15 Å². The van der Waals surface area contributed by atoms with E-state index in [0.717, 1.165) is 34.1 Å². The fourth-order valence-corrected chi connectivity index (χ4v) is 3.41.